The lowest BCUT2D eigenvalue weighted by molar-refractivity contribution is 0.0487. The lowest BCUT2D eigenvalue weighted by atomic mass is 9.96. The number of aliphatic hydroxyl groups is 1. The van der Waals surface area contributed by atoms with E-state index in [1.807, 2.05) is 18.2 Å². The maximum atomic E-state index is 11.0. The molecule has 0 aliphatic heterocycles. The number of fused-ring (bicyclic) bond motifs is 1. The van der Waals surface area contributed by atoms with Crippen molar-refractivity contribution in [1.82, 2.24) is 0 Å². The third kappa shape index (κ3) is 3.54. The van der Waals surface area contributed by atoms with E-state index in [-0.39, 0.29) is 6.54 Å². The predicted octanol–water partition coefficient (Wildman–Crippen LogP) is 3.37. The van der Waals surface area contributed by atoms with Gasteiger partial charge in [0.15, 0.2) is 5.96 Å². The summed E-state index contributed by atoms with van der Waals surface area (Å²) in [6, 6.07) is 14.3. The van der Waals surface area contributed by atoms with Crippen molar-refractivity contribution < 1.29 is 5.11 Å². The summed E-state index contributed by atoms with van der Waals surface area (Å²) in [4.78, 5) is 4.46. The van der Waals surface area contributed by atoms with Crippen molar-refractivity contribution in [2.75, 3.05) is 11.9 Å². The van der Waals surface area contributed by atoms with Gasteiger partial charge in [-0.15, -0.1) is 0 Å². The normalized spacial score (nSPS) is 19.7. The zero-order chi connectivity index (χ0) is 17.9. The van der Waals surface area contributed by atoms with Crippen LogP contribution in [-0.4, -0.2) is 17.6 Å². The minimum absolute atomic E-state index is 0.276. The molecule has 0 bridgehead atoms. The largest absolute Gasteiger partial charge is 0.383 e. The van der Waals surface area contributed by atoms with Crippen LogP contribution < -0.4 is 11.1 Å². The summed E-state index contributed by atoms with van der Waals surface area (Å²) >= 11 is 0. The van der Waals surface area contributed by atoms with E-state index in [2.05, 4.69) is 48.4 Å². The molecule has 1 unspecified atom stereocenters. The molecule has 25 heavy (non-hydrogen) atoms. The van der Waals surface area contributed by atoms with Crippen molar-refractivity contribution in [1.29, 1.82) is 0 Å². The first-order valence-corrected chi connectivity index (χ1v) is 9.06. The number of anilines is 1. The van der Waals surface area contributed by atoms with Crippen molar-refractivity contribution in [3.05, 3.63) is 64.7 Å². The fourth-order valence-corrected chi connectivity index (χ4v) is 3.62. The SMILES string of the molecule is CCc1cccc(CC)c1NC(N)=NCC1(O)CCc2ccccc21. The number of guanidine groups is 1. The summed E-state index contributed by atoms with van der Waals surface area (Å²) in [7, 11) is 0. The van der Waals surface area contributed by atoms with E-state index in [0.717, 1.165) is 30.5 Å². The van der Waals surface area contributed by atoms with Crippen molar-refractivity contribution in [2.24, 2.45) is 10.7 Å². The highest BCUT2D eigenvalue weighted by Crippen LogP contribution is 2.36. The second kappa shape index (κ2) is 7.28. The van der Waals surface area contributed by atoms with Gasteiger partial charge in [0, 0.05) is 5.69 Å². The number of aryl methyl sites for hydroxylation is 3. The number of nitrogens with zero attached hydrogens (tertiary/aromatic N) is 1. The Hall–Kier alpha value is -2.33. The highest BCUT2D eigenvalue weighted by molar-refractivity contribution is 5.94. The van der Waals surface area contributed by atoms with Gasteiger partial charge in [-0.3, -0.25) is 0 Å². The maximum Gasteiger partial charge on any atom is 0.193 e. The van der Waals surface area contributed by atoms with Crippen LogP contribution in [0.5, 0.6) is 0 Å². The fourth-order valence-electron chi connectivity index (χ4n) is 3.62. The molecule has 0 heterocycles. The Kier molecular flexibility index (Phi) is 5.09. The van der Waals surface area contributed by atoms with Crippen LogP contribution in [0.25, 0.3) is 0 Å². The Morgan fingerprint density at radius 3 is 2.48 bits per heavy atom. The van der Waals surface area contributed by atoms with E-state index in [4.69, 9.17) is 5.73 Å². The summed E-state index contributed by atoms with van der Waals surface area (Å²) in [6.45, 7) is 4.54. The summed E-state index contributed by atoms with van der Waals surface area (Å²) in [6.07, 6.45) is 3.44. The van der Waals surface area contributed by atoms with Gasteiger partial charge in [-0.05, 0) is 47.9 Å². The highest BCUT2D eigenvalue weighted by Gasteiger charge is 2.36. The summed E-state index contributed by atoms with van der Waals surface area (Å²) in [5, 5.41) is 14.2. The van der Waals surface area contributed by atoms with Crippen LogP contribution in [0.15, 0.2) is 47.5 Å². The predicted molar refractivity (Wildman–Crippen MR) is 104 cm³/mol. The monoisotopic (exact) mass is 337 g/mol. The van der Waals surface area contributed by atoms with Gasteiger partial charge < -0.3 is 16.2 Å². The molecule has 0 aromatic heterocycles. The Bertz CT molecular complexity index is 762. The number of para-hydroxylation sites is 1. The number of rotatable bonds is 5. The lowest BCUT2D eigenvalue weighted by Gasteiger charge is -2.22. The molecule has 2 aromatic rings. The number of nitrogens with two attached hydrogens (primary N) is 1. The third-order valence-corrected chi connectivity index (χ3v) is 5.09. The van der Waals surface area contributed by atoms with E-state index in [9.17, 15) is 5.11 Å². The molecule has 0 amide bonds. The number of hydrogen-bond donors (Lipinski definition) is 3. The zero-order valence-corrected chi connectivity index (χ0v) is 15.0. The molecule has 1 aliphatic carbocycles. The molecule has 4 nitrogen and oxygen atoms in total. The Balaban J connectivity index is 1.78. The molecule has 2 aromatic carbocycles. The van der Waals surface area contributed by atoms with Crippen molar-refractivity contribution >= 4 is 11.6 Å². The van der Waals surface area contributed by atoms with Crippen LogP contribution in [0, 0.1) is 0 Å². The Labute approximate surface area is 149 Å². The van der Waals surface area contributed by atoms with Crippen LogP contribution in [0.3, 0.4) is 0 Å². The van der Waals surface area contributed by atoms with Gasteiger partial charge in [-0.25, -0.2) is 4.99 Å². The lowest BCUT2D eigenvalue weighted by Crippen LogP contribution is -2.30. The quantitative estimate of drug-likeness (QED) is 0.579. The van der Waals surface area contributed by atoms with E-state index in [1.54, 1.807) is 0 Å². The van der Waals surface area contributed by atoms with Gasteiger partial charge >= 0.3 is 0 Å². The standard InChI is InChI=1S/C21H27N3O/c1-3-15-9-7-10-16(4-2)19(15)24-20(22)23-14-21(25)13-12-17-8-5-6-11-18(17)21/h5-11,25H,3-4,12-14H2,1-2H3,(H3,22,23,24). The molecule has 0 saturated carbocycles. The third-order valence-electron chi connectivity index (χ3n) is 5.09. The molecule has 132 valence electrons. The summed E-state index contributed by atoms with van der Waals surface area (Å²) in [5.74, 6) is 0.355. The van der Waals surface area contributed by atoms with Crippen LogP contribution in [0.1, 0.15) is 42.5 Å². The minimum atomic E-state index is -0.916. The Morgan fingerprint density at radius 2 is 1.80 bits per heavy atom. The molecular formula is C21H27N3O. The van der Waals surface area contributed by atoms with Gasteiger partial charge in [-0.1, -0.05) is 56.3 Å². The molecule has 0 spiro atoms. The minimum Gasteiger partial charge on any atom is -0.383 e. The highest BCUT2D eigenvalue weighted by atomic mass is 16.3. The van der Waals surface area contributed by atoms with Crippen molar-refractivity contribution in [3.8, 4) is 0 Å². The first-order valence-electron chi connectivity index (χ1n) is 9.06. The second-order valence-electron chi connectivity index (χ2n) is 6.67. The topological polar surface area (TPSA) is 70.6 Å². The van der Waals surface area contributed by atoms with Crippen LogP contribution >= 0.6 is 0 Å². The first-order chi connectivity index (χ1) is 12.1. The molecule has 4 heteroatoms. The number of hydrogen-bond acceptors (Lipinski definition) is 2. The van der Waals surface area contributed by atoms with Crippen molar-refractivity contribution in [2.45, 2.75) is 45.1 Å². The van der Waals surface area contributed by atoms with E-state index in [0.29, 0.717) is 12.4 Å². The average Bonchev–Trinajstić information content (AvgIpc) is 2.98. The number of benzene rings is 2. The molecule has 1 aliphatic rings. The maximum absolute atomic E-state index is 11.0. The fraction of sp³-hybridized carbons (Fsp3) is 0.381. The average molecular weight is 337 g/mol. The second-order valence-corrected chi connectivity index (χ2v) is 6.67. The summed E-state index contributed by atoms with van der Waals surface area (Å²) < 4.78 is 0. The first kappa shape index (κ1) is 17.5. The van der Waals surface area contributed by atoms with E-state index in [1.165, 1.54) is 16.7 Å². The van der Waals surface area contributed by atoms with Crippen LogP contribution in [0.2, 0.25) is 0 Å². The molecule has 4 N–H and O–H groups in total. The summed E-state index contributed by atoms with van der Waals surface area (Å²) in [5.41, 5.74) is 10.9. The number of nitrogens with one attached hydrogen (secondary N) is 1. The molecule has 0 fully saturated rings. The van der Waals surface area contributed by atoms with Gasteiger partial charge in [0.05, 0.1) is 6.54 Å². The van der Waals surface area contributed by atoms with Gasteiger partial charge in [-0.2, -0.15) is 0 Å². The van der Waals surface area contributed by atoms with E-state index < -0.39 is 5.60 Å². The molecular weight excluding hydrogens is 310 g/mol. The molecule has 1 atom stereocenters. The zero-order valence-electron chi connectivity index (χ0n) is 15.0. The Morgan fingerprint density at radius 1 is 1.12 bits per heavy atom. The van der Waals surface area contributed by atoms with Gasteiger partial charge in [0.1, 0.15) is 5.60 Å². The van der Waals surface area contributed by atoms with Gasteiger partial charge in [0.2, 0.25) is 0 Å². The molecule has 3 rings (SSSR count). The van der Waals surface area contributed by atoms with Crippen LogP contribution in [0.4, 0.5) is 5.69 Å². The van der Waals surface area contributed by atoms with Crippen LogP contribution in [-0.2, 0) is 24.9 Å². The van der Waals surface area contributed by atoms with Crippen molar-refractivity contribution in [3.63, 3.8) is 0 Å². The molecule has 0 radical (unpaired) electrons. The van der Waals surface area contributed by atoms with Gasteiger partial charge in [0.25, 0.3) is 0 Å². The smallest absolute Gasteiger partial charge is 0.193 e. The van der Waals surface area contributed by atoms with E-state index >= 15 is 0 Å². The number of aliphatic imine (C=N–C) groups is 1. The molecule has 0 saturated heterocycles.